The molecule has 0 spiro atoms. The number of methoxy groups -OCH3 is 1. The van der Waals surface area contributed by atoms with Crippen LogP contribution in [0.1, 0.15) is 16.8 Å². The van der Waals surface area contributed by atoms with Gasteiger partial charge in [0.1, 0.15) is 5.75 Å². The Morgan fingerprint density at radius 3 is 2.54 bits per heavy atom. The molecule has 2 aromatic carbocycles. The van der Waals surface area contributed by atoms with E-state index in [1.165, 1.54) is 17.5 Å². The molecule has 0 saturated heterocycles. The molecule has 3 rings (SSSR count). The molecule has 1 aliphatic heterocycles. The van der Waals surface area contributed by atoms with Gasteiger partial charge in [-0.25, -0.2) is 13.2 Å². The number of para-hydroxylation sites is 3. The van der Waals surface area contributed by atoms with Crippen LogP contribution in [-0.2, 0) is 19.6 Å². The van der Waals surface area contributed by atoms with E-state index in [1.54, 1.807) is 42.5 Å². The number of esters is 1. The van der Waals surface area contributed by atoms with E-state index in [4.69, 9.17) is 9.47 Å². The van der Waals surface area contributed by atoms with Gasteiger partial charge in [-0.1, -0.05) is 24.3 Å². The molecule has 1 aliphatic rings. The quantitative estimate of drug-likeness (QED) is 0.783. The van der Waals surface area contributed by atoms with E-state index in [1.807, 2.05) is 0 Å². The van der Waals surface area contributed by atoms with Crippen molar-refractivity contribution in [2.24, 2.45) is 0 Å². The van der Waals surface area contributed by atoms with Crippen molar-refractivity contribution in [1.82, 2.24) is 0 Å². The molecule has 0 aromatic heterocycles. The fourth-order valence-electron chi connectivity index (χ4n) is 2.95. The number of anilines is 2. The maximum Gasteiger partial charge on any atom is 0.339 e. The summed E-state index contributed by atoms with van der Waals surface area (Å²) in [5.74, 6) is -0.764. The Morgan fingerprint density at radius 1 is 1.14 bits per heavy atom. The normalized spacial score (nSPS) is 16.4. The van der Waals surface area contributed by atoms with Gasteiger partial charge in [0.05, 0.1) is 30.3 Å². The molecule has 1 heterocycles. The van der Waals surface area contributed by atoms with Gasteiger partial charge in [-0.05, 0) is 24.3 Å². The summed E-state index contributed by atoms with van der Waals surface area (Å²) in [4.78, 5) is 24.7. The summed E-state index contributed by atoms with van der Waals surface area (Å²) in [7, 11) is -2.28. The predicted molar refractivity (Wildman–Crippen MR) is 104 cm³/mol. The Hall–Kier alpha value is -3.07. The van der Waals surface area contributed by atoms with Gasteiger partial charge < -0.3 is 14.8 Å². The largest absolute Gasteiger partial charge is 0.478 e. The Kier molecular flexibility index (Phi) is 5.55. The van der Waals surface area contributed by atoms with E-state index in [0.29, 0.717) is 17.1 Å². The van der Waals surface area contributed by atoms with Crippen LogP contribution in [-0.4, -0.2) is 46.3 Å². The second kappa shape index (κ2) is 7.89. The molecule has 0 saturated carbocycles. The Morgan fingerprint density at radius 2 is 1.82 bits per heavy atom. The van der Waals surface area contributed by atoms with Gasteiger partial charge in [-0.3, -0.25) is 9.10 Å². The molecule has 1 atom stereocenters. The highest BCUT2D eigenvalue weighted by Crippen LogP contribution is 2.34. The topological polar surface area (TPSA) is 102 Å². The lowest BCUT2D eigenvalue weighted by Crippen LogP contribution is -2.36. The molecule has 148 valence electrons. The zero-order valence-electron chi connectivity index (χ0n) is 15.4. The van der Waals surface area contributed by atoms with Gasteiger partial charge in [-0.15, -0.1) is 0 Å². The number of nitrogens with one attached hydrogen (secondary N) is 1. The second-order valence-corrected chi connectivity index (χ2v) is 8.13. The van der Waals surface area contributed by atoms with Crippen molar-refractivity contribution in [3.05, 3.63) is 54.1 Å². The van der Waals surface area contributed by atoms with Crippen molar-refractivity contribution in [3.8, 4) is 5.75 Å². The van der Waals surface area contributed by atoms with Crippen LogP contribution in [0.3, 0.4) is 0 Å². The first-order valence-electron chi connectivity index (χ1n) is 8.53. The van der Waals surface area contributed by atoms with Gasteiger partial charge in [0, 0.05) is 13.0 Å². The van der Waals surface area contributed by atoms with Crippen LogP contribution in [0.4, 0.5) is 11.4 Å². The number of sulfonamides is 1. The van der Waals surface area contributed by atoms with E-state index in [0.717, 1.165) is 6.26 Å². The molecule has 0 fully saturated rings. The van der Waals surface area contributed by atoms with E-state index in [2.05, 4.69) is 5.32 Å². The molecule has 9 heteroatoms. The second-order valence-electron chi connectivity index (χ2n) is 6.22. The number of hydrogen-bond donors (Lipinski definition) is 1. The molecule has 0 aliphatic carbocycles. The third-order valence-corrected chi connectivity index (χ3v) is 5.46. The molecular weight excluding hydrogens is 384 g/mol. The minimum Gasteiger partial charge on any atom is -0.478 e. The first-order valence-corrected chi connectivity index (χ1v) is 10.4. The molecule has 28 heavy (non-hydrogen) atoms. The number of hydrogen-bond acceptors (Lipinski definition) is 6. The SMILES string of the molecule is COC(=O)c1ccccc1NC(=O)C1CCN(S(C)(=O)=O)c2ccccc2O1. The molecule has 1 unspecified atom stereocenters. The molecule has 0 bridgehead atoms. The monoisotopic (exact) mass is 404 g/mol. The van der Waals surface area contributed by atoms with Crippen LogP contribution < -0.4 is 14.4 Å². The molecule has 0 radical (unpaired) electrons. The average Bonchev–Trinajstić information content (AvgIpc) is 2.87. The Bertz CT molecular complexity index is 1000. The smallest absolute Gasteiger partial charge is 0.339 e. The number of amides is 1. The van der Waals surface area contributed by atoms with E-state index in [9.17, 15) is 18.0 Å². The lowest BCUT2D eigenvalue weighted by molar-refractivity contribution is -0.122. The highest BCUT2D eigenvalue weighted by Gasteiger charge is 2.31. The van der Waals surface area contributed by atoms with Crippen molar-refractivity contribution in [2.75, 3.05) is 29.5 Å². The van der Waals surface area contributed by atoms with Crippen molar-refractivity contribution in [1.29, 1.82) is 0 Å². The average molecular weight is 404 g/mol. The van der Waals surface area contributed by atoms with Crippen molar-refractivity contribution < 1.29 is 27.5 Å². The number of ether oxygens (including phenoxy) is 2. The van der Waals surface area contributed by atoms with Gasteiger partial charge >= 0.3 is 5.97 Å². The maximum absolute atomic E-state index is 12.8. The summed E-state index contributed by atoms with van der Waals surface area (Å²) in [6.45, 7) is 0.0899. The summed E-state index contributed by atoms with van der Waals surface area (Å²) in [5.41, 5.74) is 0.890. The summed E-state index contributed by atoms with van der Waals surface area (Å²) in [6, 6.07) is 13.1. The van der Waals surface area contributed by atoms with Crippen LogP contribution in [0, 0.1) is 0 Å². The third-order valence-electron chi connectivity index (χ3n) is 4.28. The van der Waals surface area contributed by atoms with E-state index >= 15 is 0 Å². The van der Waals surface area contributed by atoms with Crippen LogP contribution in [0.25, 0.3) is 0 Å². The van der Waals surface area contributed by atoms with Crippen LogP contribution in [0.15, 0.2) is 48.5 Å². The fourth-order valence-corrected chi connectivity index (χ4v) is 3.90. The molecule has 1 N–H and O–H groups in total. The van der Waals surface area contributed by atoms with Crippen LogP contribution in [0.5, 0.6) is 5.75 Å². The highest BCUT2D eigenvalue weighted by atomic mass is 32.2. The minimum absolute atomic E-state index is 0.0899. The van der Waals surface area contributed by atoms with Crippen molar-refractivity contribution in [2.45, 2.75) is 12.5 Å². The summed E-state index contributed by atoms with van der Waals surface area (Å²) < 4.78 is 36.0. The van der Waals surface area contributed by atoms with Gasteiger partial charge in [0.2, 0.25) is 10.0 Å². The van der Waals surface area contributed by atoms with Crippen LogP contribution in [0.2, 0.25) is 0 Å². The number of nitrogens with zero attached hydrogens (tertiary/aromatic N) is 1. The Balaban J connectivity index is 1.86. The fraction of sp³-hybridized carbons (Fsp3) is 0.263. The molecule has 8 nitrogen and oxygen atoms in total. The van der Waals surface area contributed by atoms with Gasteiger partial charge in [0.25, 0.3) is 5.91 Å². The zero-order chi connectivity index (χ0) is 20.3. The van der Waals surface area contributed by atoms with Crippen molar-refractivity contribution >= 4 is 33.3 Å². The minimum atomic E-state index is -3.53. The highest BCUT2D eigenvalue weighted by molar-refractivity contribution is 7.92. The van der Waals surface area contributed by atoms with Gasteiger partial charge in [-0.2, -0.15) is 0 Å². The van der Waals surface area contributed by atoms with Crippen LogP contribution >= 0.6 is 0 Å². The predicted octanol–water partition coefficient (Wildman–Crippen LogP) is 2.03. The lowest BCUT2D eigenvalue weighted by atomic mass is 10.1. The molecule has 1 amide bonds. The molecular formula is C19H20N2O6S. The summed E-state index contributed by atoms with van der Waals surface area (Å²) in [6.07, 6.45) is 0.323. The number of rotatable bonds is 4. The standard InChI is InChI=1S/C19H20N2O6S/c1-26-19(23)13-7-3-4-8-14(13)20-18(22)17-11-12-21(28(2,24)25)15-9-5-6-10-16(15)27-17/h3-10,17H,11-12H2,1-2H3,(H,20,22). The van der Waals surface area contributed by atoms with Gasteiger partial charge in [0.15, 0.2) is 6.10 Å². The lowest BCUT2D eigenvalue weighted by Gasteiger charge is -2.20. The summed E-state index contributed by atoms with van der Waals surface area (Å²) >= 11 is 0. The maximum atomic E-state index is 12.8. The van der Waals surface area contributed by atoms with E-state index < -0.39 is 28.0 Å². The number of carbonyl (C=O) groups excluding carboxylic acids is 2. The number of carbonyl (C=O) groups is 2. The van der Waals surface area contributed by atoms with Crippen molar-refractivity contribution in [3.63, 3.8) is 0 Å². The first kappa shape index (κ1) is 19.7. The number of fused-ring (bicyclic) bond motifs is 1. The summed E-state index contributed by atoms with van der Waals surface area (Å²) in [5, 5.41) is 2.67. The van der Waals surface area contributed by atoms with E-state index in [-0.39, 0.29) is 18.5 Å². The Labute approximate surface area is 163 Å². The molecule has 2 aromatic rings. The zero-order valence-corrected chi connectivity index (χ0v) is 16.2. The first-order chi connectivity index (χ1) is 13.3. The number of benzene rings is 2. The third kappa shape index (κ3) is 4.09.